The Hall–Kier alpha value is -1.10. The molecule has 0 aliphatic carbocycles. The smallest absolute Gasteiger partial charge is 0.245 e. The molecule has 5 nitrogen and oxygen atoms in total. The van der Waals surface area contributed by atoms with Crippen molar-refractivity contribution in [3.8, 4) is 0 Å². The maximum absolute atomic E-state index is 12.2. The molecule has 0 radical (unpaired) electrons. The highest BCUT2D eigenvalue weighted by Gasteiger charge is 2.40. The molecular formula is C12H21N3O2. The fraction of sp³-hybridized carbons (Fsp3) is 0.833. The van der Waals surface area contributed by atoms with Crippen molar-refractivity contribution in [2.24, 2.45) is 5.73 Å². The summed E-state index contributed by atoms with van der Waals surface area (Å²) in [6.45, 7) is 3.45. The van der Waals surface area contributed by atoms with Crippen molar-refractivity contribution >= 4 is 11.8 Å². The summed E-state index contributed by atoms with van der Waals surface area (Å²) in [6, 6.07) is -0.240. The van der Waals surface area contributed by atoms with Gasteiger partial charge in [0.15, 0.2) is 0 Å². The van der Waals surface area contributed by atoms with Gasteiger partial charge in [-0.15, -0.1) is 0 Å². The van der Waals surface area contributed by atoms with Gasteiger partial charge in [0, 0.05) is 19.1 Å². The lowest BCUT2D eigenvalue weighted by molar-refractivity contribution is -0.157. The minimum absolute atomic E-state index is 0.0260. The maximum Gasteiger partial charge on any atom is 0.245 e. The van der Waals surface area contributed by atoms with Crippen LogP contribution in [0, 0.1) is 0 Å². The highest BCUT2D eigenvalue weighted by Crippen LogP contribution is 2.23. The number of rotatable bonds is 3. The molecule has 2 aliphatic heterocycles. The van der Waals surface area contributed by atoms with Crippen molar-refractivity contribution in [3.05, 3.63) is 0 Å². The van der Waals surface area contributed by atoms with Crippen molar-refractivity contribution in [2.45, 2.75) is 44.7 Å². The second-order valence-electron chi connectivity index (χ2n) is 4.99. The molecule has 2 aliphatic rings. The monoisotopic (exact) mass is 239 g/mol. The lowest BCUT2D eigenvalue weighted by Crippen LogP contribution is -2.62. The number of hydrogen-bond acceptors (Lipinski definition) is 3. The predicted octanol–water partition coefficient (Wildman–Crippen LogP) is -0.0530. The summed E-state index contributed by atoms with van der Waals surface area (Å²) in [5.41, 5.74) is 5.86. The second kappa shape index (κ2) is 5.04. The normalized spacial score (nSPS) is 27.1. The van der Waals surface area contributed by atoms with Gasteiger partial charge in [0.2, 0.25) is 11.8 Å². The zero-order valence-electron chi connectivity index (χ0n) is 10.4. The average Bonchev–Trinajstić information content (AvgIpc) is 2.35. The molecule has 2 rings (SSSR count). The van der Waals surface area contributed by atoms with E-state index in [0.29, 0.717) is 6.54 Å². The van der Waals surface area contributed by atoms with Crippen LogP contribution in [0.3, 0.4) is 0 Å². The van der Waals surface area contributed by atoms with E-state index in [1.165, 1.54) is 0 Å². The molecule has 0 aromatic rings. The number of amides is 2. The van der Waals surface area contributed by atoms with E-state index in [0.717, 1.165) is 32.2 Å². The molecule has 2 fully saturated rings. The van der Waals surface area contributed by atoms with Crippen LogP contribution in [0.1, 0.15) is 32.6 Å². The highest BCUT2D eigenvalue weighted by molar-refractivity contribution is 5.95. The van der Waals surface area contributed by atoms with Crippen LogP contribution in [0.25, 0.3) is 0 Å². The molecule has 0 aromatic carbocycles. The Labute approximate surface area is 102 Å². The van der Waals surface area contributed by atoms with Crippen molar-refractivity contribution in [1.82, 2.24) is 9.80 Å². The van der Waals surface area contributed by atoms with E-state index >= 15 is 0 Å². The van der Waals surface area contributed by atoms with Gasteiger partial charge in [-0.1, -0.05) is 6.92 Å². The van der Waals surface area contributed by atoms with Gasteiger partial charge in [0.25, 0.3) is 0 Å². The molecule has 2 atom stereocenters. The number of piperazine rings is 1. The number of nitrogens with zero attached hydrogens (tertiary/aromatic N) is 2. The molecule has 0 saturated carbocycles. The lowest BCUT2D eigenvalue weighted by Gasteiger charge is -2.43. The Morgan fingerprint density at radius 1 is 1.41 bits per heavy atom. The fourth-order valence-corrected chi connectivity index (χ4v) is 2.60. The van der Waals surface area contributed by atoms with Crippen LogP contribution in [0.5, 0.6) is 0 Å². The molecule has 0 aromatic heterocycles. The van der Waals surface area contributed by atoms with Crippen LogP contribution in [0.4, 0.5) is 0 Å². The number of carbonyl (C=O) groups excluding carboxylic acids is 2. The van der Waals surface area contributed by atoms with E-state index in [2.05, 4.69) is 0 Å². The molecule has 5 heteroatoms. The maximum atomic E-state index is 12.2. The first-order chi connectivity index (χ1) is 8.13. The van der Waals surface area contributed by atoms with Gasteiger partial charge in [-0.2, -0.15) is 0 Å². The molecule has 2 heterocycles. The van der Waals surface area contributed by atoms with E-state index in [9.17, 15) is 9.59 Å². The summed E-state index contributed by atoms with van der Waals surface area (Å²) < 4.78 is 0. The fourth-order valence-electron chi connectivity index (χ4n) is 2.60. The Kier molecular flexibility index (Phi) is 3.66. The molecule has 2 unspecified atom stereocenters. The number of hydrogen-bond donors (Lipinski definition) is 1. The van der Waals surface area contributed by atoms with Gasteiger partial charge in [0.1, 0.15) is 6.04 Å². The Balaban J connectivity index is 2.06. The summed E-state index contributed by atoms with van der Waals surface area (Å²) in [6.07, 6.45) is 3.69. The van der Waals surface area contributed by atoms with Crippen LogP contribution in [-0.4, -0.2) is 53.3 Å². The molecule has 2 N–H and O–H groups in total. The van der Waals surface area contributed by atoms with Gasteiger partial charge >= 0.3 is 0 Å². The summed E-state index contributed by atoms with van der Waals surface area (Å²) >= 11 is 0. The minimum Gasteiger partial charge on any atom is -0.330 e. The van der Waals surface area contributed by atoms with Crippen molar-refractivity contribution in [3.63, 3.8) is 0 Å². The zero-order valence-corrected chi connectivity index (χ0v) is 10.4. The van der Waals surface area contributed by atoms with Crippen LogP contribution >= 0.6 is 0 Å². The van der Waals surface area contributed by atoms with E-state index < -0.39 is 0 Å². The highest BCUT2D eigenvalue weighted by atomic mass is 16.2. The average molecular weight is 239 g/mol. The molecule has 17 heavy (non-hydrogen) atoms. The topological polar surface area (TPSA) is 66.6 Å². The van der Waals surface area contributed by atoms with E-state index in [1.807, 2.05) is 6.92 Å². The van der Waals surface area contributed by atoms with Crippen LogP contribution < -0.4 is 5.73 Å². The van der Waals surface area contributed by atoms with E-state index in [4.69, 9.17) is 5.73 Å². The number of piperidine rings is 1. The first-order valence-corrected chi connectivity index (χ1v) is 6.47. The third-order valence-electron chi connectivity index (χ3n) is 3.73. The predicted molar refractivity (Wildman–Crippen MR) is 64.2 cm³/mol. The molecule has 2 amide bonds. The van der Waals surface area contributed by atoms with Crippen LogP contribution in [0.2, 0.25) is 0 Å². The SMILES string of the molecule is CCC(N)CN1CC(=O)N2CCCCC2C1=O. The third-order valence-corrected chi connectivity index (χ3v) is 3.73. The van der Waals surface area contributed by atoms with Gasteiger partial charge in [-0.3, -0.25) is 9.59 Å². The molecule has 0 bridgehead atoms. The van der Waals surface area contributed by atoms with Crippen molar-refractivity contribution < 1.29 is 9.59 Å². The Morgan fingerprint density at radius 3 is 2.88 bits per heavy atom. The van der Waals surface area contributed by atoms with E-state index in [1.54, 1.807) is 9.80 Å². The molecule has 0 spiro atoms. The molecule has 2 saturated heterocycles. The largest absolute Gasteiger partial charge is 0.330 e. The standard InChI is InChI=1S/C12H21N3O2/c1-2-9(13)7-14-8-11(16)15-6-4-3-5-10(15)12(14)17/h9-10H,2-8,13H2,1H3. The van der Waals surface area contributed by atoms with E-state index in [-0.39, 0.29) is 30.4 Å². The van der Waals surface area contributed by atoms with Gasteiger partial charge in [0.05, 0.1) is 6.54 Å². The second-order valence-corrected chi connectivity index (χ2v) is 4.99. The first-order valence-electron chi connectivity index (χ1n) is 6.47. The van der Waals surface area contributed by atoms with Crippen molar-refractivity contribution in [2.75, 3.05) is 19.6 Å². The van der Waals surface area contributed by atoms with Gasteiger partial charge in [-0.25, -0.2) is 0 Å². The first kappa shape index (κ1) is 12.4. The minimum atomic E-state index is -0.214. The summed E-state index contributed by atoms with van der Waals surface area (Å²) in [4.78, 5) is 27.6. The number of fused-ring (bicyclic) bond motifs is 1. The summed E-state index contributed by atoms with van der Waals surface area (Å²) in [7, 11) is 0. The van der Waals surface area contributed by atoms with Crippen LogP contribution in [0.15, 0.2) is 0 Å². The third kappa shape index (κ3) is 2.44. The van der Waals surface area contributed by atoms with Crippen LogP contribution in [-0.2, 0) is 9.59 Å². The molecule has 96 valence electrons. The lowest BCUT2D eigenvalue weighted by atomic mass is 9.98. The summed E-state index contributed by atoms with van der Waals surface area (Å²) in [5.74, 6) is 0.172. The van der Waals surface area contributed by atoms with Gasteiger partial charge in [-0.05, 0) is 25.7 Å². The van der Waals surface area contributed by atoms with Crippen molar-refractivity contribution in [1.29, 1.82) is 0 Å². The quantitative estimate of drug-likeness (QED) is 0.750. The number of nitrogens with two attached hydrogens (primary N) is 1. The Morgan fingerprint density at radius 2 is 2.18 bits per heavy atom. The van der Waals surface area contributed by atoms with Gasteiger partial charge < -0.3 is 15.5 Å². The number of carbonyl (C=O) groups is 2. The zero-order chi connectivity index (χ0) is 12.4. The summed E-state index contributed by atoms with van der Waals surface area (Å²) in [5, 5.41) is 0. The Bertz CT molecular complexity index is 319. The molecular weight excluding hydrogens is 218 g/mol.